The van der Waals surface area contributed by atoms with Gasteiger partial charge in [0, 0.05) is 6.17 Å². The fourth-order valence-electron chi connectivity index (χ4n) is 1.48. The molecule has 1 heterocycles. The predicted molar refractivity (Wildman–Crippen MR) is 60.9 cm³/mol. The zero-order chi connectivity index (χ0) is 10.2. The SMILES string of the molecule is C[Si](C)(C)Cn1nnc2ccccc21. The first-order valence-electron chi connectivity index (χ1n) is 4.84. The second-order valence-electron chi connectivity index (χ2n) is 4.80. The quantitative estimate of drug-likeness (QED) is 0.704. The van der Waals surface area contributed by atoms with Crippen LogP contribution in [0.1, 0.15) is 0 Å². The van der Waals surface area contributed by atoms with Gasteiger partial charge in [-0.25, -0.2) is 4.68 Å². The minimum absolute atomic E-state index is 0.991. The van der Waals surface area contributed by atoms with Gasteiger partial charge < -0.3 is 0 Å². The van der Waals surface area contributed by atoms with Gasteiger partial charge in [0.25, 0.3) is 0 Å². The molecule has 14 heavy (non-hydrogen) atoms. The molecule has 2 aromatic rings. The molecule has 2 rings (SSSR count). The number of para-hydroxylation sites is 1. The fraction of sp³-hybridized carbons (Fsp3) is 0.400. The van der Waals surface area contributed by atoms with Crippen LogP contribution in [0.4, 0.5) is 0 Å². The Morgan fingerprint density at radius 2 is 1.93 bits per heavy atom. The van der Waals surface area contributed by atoms with Crippen molar-refractivity contribution >= 4 is 19.1 Å². The molecule has 1 aromatic heterocycles. The van der Waals surface area contributed by atoms with Crippen LogP contribution in [0.2, 0.25) is 19.6 Å². The van der Waals surface area contributed by atoms with E-state index >= 15 is 0 Å². The van der Waals surface area contributed by atoms with Gasteiger partial charge in [-0.2, -0.15) is 0 Å². The monoisotopic (exact) mass is 205 g/mol. The molecule has 0 fully saturated rings. The Labute approximate surface area is 84.7 Å². The van der Waals surface area contributed by atoms with Crippen molar-refractivity contribution in [2.24, 2.45) is 0 Å². The summed E-state index contributed by atoms with van der Waals surface area (Å²) in [7, 11) is -1.12. The normalized spacial score (nSPS) is 12.2. The van der Waals surface area contributed by atoms with Gasteiger partial charge in [0.1, 0.15) is 5.52 Å². The van der Waals surface area contributed by atoms with Gasteiger partial charge in [0.05, 0.1) is 13.6 Å². The highest BCUT2D eigenvalue weighted by Gasteiger charge is 2.16. The number of fused-ring (bicyclic) bond motifs is 1. The molecule has 0 amide bonds. The number of aromatic nitrogens is 3. The van der Waals surface area contributed by atoms with Crippen LogP contribution in [0.15, 0.2) is 24.3 Å². The molecule has 0 aliphatic rings. The number of hydrogen-bond acceptors (Lipinski definition) is 2. The maximum atomic E-state index is 4.18. The minimum atomic E-state index is -1.12. The summed E-state index contributed by atoms with van der Waals surface area (Å²) >= 11 is 0. The first-order chi connectivity index (χ1) is 6.56. The van der Waals surface area contributed by atoms with E-state index in [2.05, 4.69) is 36.0 Å². The Kier molecular flexibility index (Phi) is 2.15. The van der Waals surface area contributed by atoms with Crippen LogP contribution in [-0.2, 0) is 6.17 Å². The smallest absolute Gasteiger partial charge is 0.113 e. The molecule has 1 aromatic carbocycles. The van der Waals surface area contributed by atoms with E-state index in [-0.39, 0.29) is 0 Å². The van der Waals surface area contributed by atoms with Crippen LogP contribution in [0.25, 0.3) is 11.0 Å². The van der Waals surface area contributed by atoms with Crippen molar-refractivity contribution in [3.05, 3.63) is 24.3 Å². The molecule has 0 aliphatic carbocycles. The lowest BCUT2D eigenvalue weighted by Crippen LogP contribution is -2.28. The maximum absolute atomic E-state index is 4.18. The first-order valence-corrected chi connectivity index (χ1v) is 8.55. The molecule has 0 saturated heterocycles. The first kappa shape index (κ1) is 9.39. The van der Waals surface area contributed by atoms with Gasteiger partial charge >= 0.3 is 0 Å². The van der Waals surface area contributed by atoms with Crippen LogP contribution < -0.4 is 0 Å². The molecule has 0 radical (unpaired) electrons. The van der Waals surface area contributed by atoms with Crippen LogP contribution in [-0.4, -0.2) is 23.1 Å². The van der Waals surface area contributed by atoms with Crippen molar-refractivity contribution in [1.82, 2.24) is 15.0 Å². The molecule has 3 nitrogen and oxygen atoms in total. The second kappa shape index (κ2) is 3.20. The van der Waals surface area contributed by atoms with E-state index in [0.29, 0.717) is 0 Å². The zero-order valence-corrected chi connectivity index (χ0v) is 9.86. The van der Waals surface area contributed by atoms with Crippen LogP contribution in [0, 0.1) is 0 Å². The Morgan fingerprint density at radius 1 is 1.21 bits per heavy atom. The van der Waals surface area contributed by atoms with E-state index in [1.165, 1.54) is 0 Å². The third kappa shape index (κ3) is 1.85. The molecule has 0 saturated carbocycles. The summed E-state index contributed by atoms with van der Waals surface area (Å²) in [6.07, 6.45) is 1.04. The lowest BCUT2D eigenvalue weighted by Gasteiger charge is -2.15. The minimum Gasteiger partial charge on any atom is -0.248 e. The zero-order valence-electron chi connectivity index (χ0n) is 8.86. The lowest BCUT2D eigenvalue weighted by atomic mass is 10.3. The summed E-state index contributed by atoms with van der Waals surface area (Å²) in [4.78, 5) is 0. The Bertz CT molecular complexity index is 442. The van der Waals surface area contributed by atoms with Crippen LogP contribution in [0.5, 0.6) is 0 Å². The second-order valence-corrected chi connectivity index (χ2v) is 10.2. The Balaban J connectivity index is 2.44. The van der Waals surface area contributed by atoms with Gasteiger partial charge in [-0.15, -0.1) is 5.10 Å². The molecule has 0 bridgehead atoms. The molecular formula is C10H15N3Si. The van der Waals surface area contributed by atoms with Gasteiger partial charge in [0.15, 0.2) is 0 Å². The summed E-state index contributed by atoms with van der Waals surface area (Å²) in [6, 6.07) is 8.11. The average Bonchev–Trinajstić information content (AvgIpc) is 2.47. The summed E-state index contributed by atoms with van der Waals surface area (Å²) < 4.78 is 2.03. The van der Waals surface area contributed by atoms with E-state index in [9.17, 15) is 0 Å². The van der Waals surface area contributed by atoms with Crippen molar-refractivity contribution in [2.75, 3.05) is 0 Å². The largest absolute Gasteiger partial charge is 0.248 e. The number of benzene rings is 1. The third-order valence-electron chi connectivity index (χ3n) is 2.04. The molecule has 74 valence electrons. The summed E-state index contributed by atoms with van der Waals surface area (Å²) in [5.41, 5.74) is 2.14. The lowest BCUT2D eigenvalue weighted by molar-refractivity contribution is 0.702. The van der Waals surface area contributed by atoms with Crippen LogP contribution in [0.3, 0.4) is 0 Å². The van der Waals surface area contributed by atoms with Crippen molar-refractivity contribution in [2.45, 2.75) is 25.8 Å². The summed E-state index contributed by atoms with van der Waals surface area (Å²) in [5, 5.41) is 8.32. The molecule has 0 atom stereocenters. The van der Waals surface area contributed by atoms with E-state index in [1.54, 1.807) is 0 Å². The van der Waals surface area contributed by atoms with Crippen molar-refractivity contribution in [3.63, 3.8) is 0 Å². The number of nitrogens with zero attached hydrogens (tertiary/aromatic N) is 3. The van der Waals surface area contributed by atoms with Gasteiger partial charge in [0.2, 0.25) is 0 Å². The predicted octanol–water partition coefficient (Wildman–Crippen LogP) is 2.31. The molecular weight excluding hydrogens is 190 g/mol. The van der Waals surface area contributed by atoms with Crippen LogP contribution >= 0.6 is 0 Å². The van der Waals surface area contributed by atoms with Crippen molar-refractivity contribution < 1.29 is 0 Å². The van der Waals surface area contributed by atoms with E-state index < -0.39 is 8.07 Å². The molecule has 0 N–H and O–H groups in total. The highest BCUT2D eigenvalue weighted by Crippen LogP contribution is 2.12. The van der Waals surface area contributed by atoms with Gasteiger partial charge in [-0.05, 0) is 12.1 Å². The highest BCUT2D eigenvalue weighted by molar-refractivity contribution is 6.75. The maximum Gasteiger partial charge on any atom is 0.113 e. The Morgan fingerprint density at radius 3 is 2.64 bits per heavy atom. The highest BCUT2D eigenvalue weighted by atomic mass is 28.3. The van der Waals surface area contributed by atoms with Gasteiger partial charge in [-0.1, -0.05) is 37.0 Å². The molecule has 0 spiro atoms. The molecule has 0 aliphatic heterocycles. The van der Waals surface area contributed by atoms with E-state index in [0.717, 1.165) is 17.2 Å². The van der Waals surface area contributed by atoms with E-state index in [1.807, 2.05) is 22.9 Å². The Hall–Kier alpha value is -1.16. The van der Waals surface area contributed by atoms with Gasteiger partial charge in [-0.3, -0.25) is 0 Å². The topological polar surface area (TPSA) is 30.7 Å². The average molecular weight is 205 g/mol. The number of rotatable bonds is 2. The van der Waals surface area contributed by atoms with Crippen molar-refractivity contribution in [1.29, 1.82) is 0 Å². The van der Waals surface area contributed by atoms with E-state index in [4.69, 9.17) is 0 Å². The molecule has 4 heteroatoms. The summed E-state index contributed by atoms with van der Waals surface area (Å²) in [6.45, 7) is 7.01. The number of hydrogen-bond donors (Lipinski definition) is 0. The fourth-order valence-corrected chi connectivity index (χ4v) is 2.62. The van der Waals surface area contributed by atoms with Crippen molar-refractivity contribution in [3.8, 4) is 0 Å². The third-order valence-corrected chi connectivity index (χ3v) is 3.29. The summed E-state index contributed by atoms with van der Waals surface area (Å²) in [5.74, 6) is 0. The standard InChI is InChI=1S/C10H15N3Si/c1-14(2,3)8-13-10-7-5-4-6-9(10)11-12-13/h4-7H,8H2,1-3H3. The molecule has 0 unspecified atom stereocenters.